The molecule has 4 heteroatoms. The molecule has 0 aromatic heterocycles. The van der Waals surface area contributed by atoms with Gasteiger partial charge in [-0.2, -0.15) is 0 Å². The maximum Gasteiger partial charge on any atom is 0.246 e. The second-order valence-electron chi connectivity index (χ2n) is 4.04. The molecule has 0 bridgehead atoms. The summed E-state index contributed by atoms with van der Waals surface area (Å²) in [6.07, 6.45) is 5.27. The van der Waals surface area contributed by atoms with Crippen molar-refractivity contribution in [3.63, 3.8) is 0 Å². The first kappa shape index (κ1) is 11.5. The van der Waals surface area contributed by atoms with E-state index in [0.717, 1.165) is 16.9 Å². The Morgan fingerprint density at radius 3 is 3.00 bits per heavy atom. The van der Waals surface area contributed by atoms with Crippen molar-refractivity contribution in [2.24, 2.45) is 0 Å². The molecule has 17 heavy (non-hydrogen) atoms. The molecule has 1 aliphatic rings. The summed E-state index contributed by atoms with van der Waals surface area (Å²) in [5.74, 6) is 2.57. The molecular formula is C13H15N3O. The molecule has 0 saturated carbocycles. The van der Waals surface area contributed by atoms with Crippen LogP contribution in [0.5, 0.6) is 0 Å². The van der Waals surface area contributed by atoms with E-state index in [4.69, 9.17) is 6.42 Å². The fourth-order valence-corrected chi connectivity index (χ4v) is 2.00. The Morgan fingerprint density at radius 1 is 1.59 bits per heavy atom. The fourth-order valence-electron chi connectivity index (χ4n) is 2.00. The van der Waals surface area contributed by atoms with Crippen LogP contribution in [-0.4, -0.2) is 26.5 Å². The van der Waals surface area contributed by atoms with Crippen molar-refractivity contribution in [2.45, 2.75) is 6.04 Å². The van der Waals surface area contributed by atoms with Crippen LogP contribution in [0.1, 0.15) is 11.6 Å². The molecule has 0 aliphatic carbocycles. The van der Waals surface area contributed by atoms with Gasteiger partial charge in [0.15, 0.2) is 0 Å². The number of anilines is 2. The minimum absolute atomic E-state index is 0.0146. The van der Waals surface area contributed by atoms with Crippen molar-refractivity contribution in [1.29, 1.82) is 0 Å². The van der Waals surface area contributed by atoms with Gasteiger partial charge in [0.05, 0.1) is 6.54 Å². The van der Waals surface area contributed by atoms with Gasteiger partial charge < -0.3 is 15.5 Å². The van der Waals surface area contributed by atoms with Gasteiger partial charge >= 0.3 is 0 Å². The number of likely N-dealkylation sites (N-methyl/N-ethyl adjacent to an activating group) is 1. The first-order valence-corrected chi connectivity index (χ1v) is 5.44. The number of hydrogen-bond acceptors (Lipinski definition) is 3. The molecule has 1 unspecified atom stereocenters. The number of fused-ring (bicyclic) bond motifs is 1. The van der Waals surface area contributed by atoms with Crippen molar-refractivity contribution in [2.75, 3.05) is 30.9 Å². The van der Waals surface area contributed by atoms with Gasteiger partial charge in [0.1, 0.15) is 6.04 Å². The quantitative estimate of drug-likeness (QED) is 0.759. The summed E-state index contributed by atoms with van der Waals surface area (Å²) in [6, 6.07) is 5.62. The lowest BCUT2D eigenvalue weighted by Crippen LogP contribution is -2.23. The zero-order valence-corrected chi connectivity index (χ0v) is 9.95. The van der Waals surface area contributed by atoms with Crippen molar-refractivity contribution in [3.8, 4) is 12.3 Å². The maximum atomic E-state index is 11.6. The molecule has 2 N–H and O–H groups in total. The summed E-state index contributed by atoms with van der Waals surface area (Å²) in [4.78, 5) is 13.6. The van der Waals surface area contributed by atoms with Gasteiger partial charge in [-0.25, -0.2) is 0 Å². The van der Waals surface area contributed by atoms with Gasteiger partial charge in [-0.3, -0.25) is 4.79 Å². The number of benzene rings is 1. The summed E-state index contributed by atoms with van der Waals surface area (Å²) < 4.78 is 0. The monoisotopic (exact) mass is 229 g/mol. The normalized spacial score (nSPS) is 17.2. The molecule has 88 valence electrons. The number of rotatable bonds is 3. The van der Waals surface area contributed by atoms with Gasteiger partial charge in [0, 0.05) is 24.0 Å². The Kier molecular flexibility index (Phi) is 3.03. The lowest BCUT2D eigenvalue weighted by atomic mass is 10.1. The molecule has 2 rings (SSSR count). The average molecular weight is 229 g/mol. The van der Waals surface area contributed by atoms with E-state index in [1.54, 1.807) is 7.05 Å². The molecule has 0 radical (unpaired) electrons. The molecule has 1 aliphatic heterocycles. The standard InChI is InChI=1S/C13H15N3O/c1-4-7-16(3)9-5-6-10-11(8-9)15-13(17)12(10)14-2/h1,5-6,8,12,14H,7H2,2-3H3,(H,15,17). The lowest BCUT2D eigenvalue weighted by Gasteiger charge is -2.17. The molecule has 1 amide bonds. The first-order chi connectivity index (χ1) is 8.17. The second kappa shape index (κ2) is 4.48. The van der Waals surface area contributed by atoms with E-state index in [1.807, 2.05) is 30.1 Å². The highest BCUT2D eigenvalue weighted by atomic mass is 16.2. The Bertz CT molecular complexity index is 490. The summed E-state index contributed by atoms with van der Waals surface area (Å²) >= 11 is 0. The third kappa shape index (κ3) is 1.97. The van der Waals surface area contributed by atoms with Crippen LogP contribution in [0.15, 0.2) is 18.2 Å². The molecule has 1 atom stereocenters. The van der Waals surface area contributed by atoms with Crippen LogP contribution in [0, 0.1) is 12.3 Å². The number of carbonyl (C=O) groups excluding carboxylic acids is 1. The van der Waals surface area contributed by atoms with Crippen molar-refractivity contribution >= 4 is 17.3 Å². The number of terminal acetylenes is 1. The summed E-state index contributed by atoms with van der Waals surface area (Å²) in [5.41, 5.74) is 2.84. The Balaban J connectivity index is 2.32. The molecule has 1 aromatic rings. The number of carbonyl (C=O) groups is 1. The van der Waals surface area contributed by atoms with E-state index >= 15 is 0 Å². The van der Waals surface area contributed by atoms with Crippen LogP contribution < -0.4 is 15.5 Å². The maximum absolute atomic E-state index is 11.6. The van der Waals surface area contributed by atoms with Crippen LogP contribution in [0.4, 0.5) is 11.4 Å². The van der Waals surface area contributed by atoms with E-state index < -0.39 is 0 Å². The zero-order chi connectivity index (χ0) is 12.4. The van der Waals surface area contributed by atoms with E-state index in [2.05, 4.69) is 16.6 Å². The van der Waals surface area contributed by atoms with E-state index in [-0.39, 0.29) is 11.9 Å². The topological polar surface area (TPSA) is 44.4 Å². The van der Waals surface area contributed by atoms with Gasteiger partial charge in [-0.05, 0) is 19.2 Å². The minimum Gasteiger partial charge on any atom is -0.363 e. The molecule has 4 nitrogen and oxygen atoms in total. The van der Waals surface area contributed by atoms with Gasteiger partial charge in [-0.15, -0.1) is 6.42 Å². The second-order valence-corrected chi connectivity index (χ2v) is 4.04. The summed E-state index contributed by atoms with van der Waals surface area (Å²) in [7, 11) is 3.70. The Labute approximate surface area is 101 Å². The van der Waals surface area contributed by atoms with Crippen molar-refractivity contribution in [3.05, 3.63) is 23.8 Å². The number of hydrogen-bond donors (Lipinski definition) is 2. The van der Waals surface area contributed by atoms with Crippen LogP contribution in [0.3, 0.4) is 0 Å². The number of amides is 1. The first-order valence-electron chi connectivity index (χ1n) is 5.44. The largest absolute Gasteiger partial charge is 0.363 e. The highest BCUT2D eigenvalue weighted by molar-refractivity contribution is 6.03. The SMILES string of the molecule is C#CCN(C)c1ccc2c(c1)NC(=O)C2NC. The highest BCUT2D eigenvalue weighted by Gasteiger charge is 2.29. The molecule has 1 aromatic carbocycles. The van der Waals surface area contributed by atoms with Crippen molar-refractivity contribution in [1.82, 2.24) is 5.32 Å². The summed E-state index contributed by atoms with van der Waals surface area (Å²) in [5, 5.41) is 5.84. The number of nitrogens with one attached hydrogen (secondary N) is 2. The molecule has 0 fully saturated rings. The predicted octanol–water partition coefficient (Wildman–Crippen LogP) is 0.969. The predicted molar refractivity (Wildman–Crippen MR) is 69.0 cm³/mol. The average Bonchev–Trinajstić information content (AvgIpc) is 2.63. The molecular weight excluding hydrogens is 214 g/mol. The third-order valence-corrected chi connectivity index (χ3v) is 2.93. The van der Waals surface area contributed by atoms with Gasteiger partial charge in [0.25, 0.3) is 0 Å². The van der Waals surface area contributed by atoms with E-state index in [0.29, 0.717) is 6.54 Å². The summed E-state index contributed by atoms with van der Waals surface area (Å²) in [6.45, 7) is 0.544. The van der Waals surface area contributed by atoms with Crippen molar-refractivity contribution < 1.29 is 4.79 Å². The van der Waals surface area contributed by atoms with Gasteiger partial charge in [0.2, 0.25) is 5.91 Å². The molecule has 0 saturated heterocycles. The van der Waals surface area contributed by atoms with E-state index in [9.17, 15) is 4.79 Å². The third-order valence-electron chi connectivity index (χ3n) is 2.93. The van der Waals surface area contributed by atoms with Crippen LogP contribution >= 0.6 is 0 Å². The lowest BCUT2D eigenvalue weighted by molar-refractivity contribution is -0.117. The van der Waals surface area contributed by atoms with Crippen LogP contribution in [-0.2, 0) is 4.79 Å². The number of nitrogens with zero attached hydrogens (tertiary/aromatic N) is 1. The molecule has 1 heterocycles. The van der Waals surface area contributed by atoms with Crippen LogP contribution in [0.25, 0.3) is 0 Å². The smallest absolute Gasteiger partial charge is 0.246 e. The Morgan fingerprint density at radius 2 is 2.35 bits per heavy atom. The van der Waals surface area contributed by atoms with E-state index in [1.165, 1.54) is 0 Å². The minimum atomic E-state index is -0.253. The fraction of sp³-hybridized carbons (Fsp3) is 0.308. The van der Waals surface area contributed by atoms with Gasteiger partial charge in [-0.1, -0.05) is 12.0 Å². The molecule has 0 spiro atoms. The van der Waals surface area contributed by atoms with Crippen LogP contribution in [0.2, 0.25) is 0 Å². The highest BCUT2D eigenvalue weighted by Crippen LogP contribution is 2.33. The Hall–Kier alpha value is -1.99. The zero-order valence-electron chi connectivity index (χ0n) is 9.95.